The molecular formula is C13H26ClNO2. The Labute approximate surface area is 112 Å². The highest BCUT2D eigenvalue weighted by Crippen LogP contribution is 2.19. The van der Waals surface area contributed by atoms with Crippen LogP contribution in [-0.2, 0) is 9.53 Å². The molecule has 0 rings (SSSR count). The Morgan fingerprint density at radius 1 is 1.29 bits per heavy atom. The third-order valence-corrected chi connectivity index (χ3v) is 3.26. The maximum atomic E-state index is 11.1. The van der Waals surface area contributed by atoms with Gasteiger partial charge in [-0.2, -0.15) is 0 Å². The first-order valence-electron chi connectivity index (χ1n) is 5.73. The molecule has 4 heteroatoms. The second-order valence-corrected chi connectivity index (χ2v) is 5.85. The van der Waals surface area contributed by atoms with Crippen molar-refractivity contribution < 1.29 is 26.4 Å². The monoisotopic (exact) mass is 263 g/mol. The number of carbonyl (C=O) groups excluding carboxylic acids is 1. The molecule has 0 aliphatic heterocycles. The van der Waals surface area contributed by atoms with Crippen LogP contribution in [0.4, 0.5) is 0 Å². The summed E-state index contributed by atoms with van der Waals surface area (Å²) in [7, 11) is 4.39. The van der Waals surface area contributed by atoms with Crippen molar-refractivity contribution in [3.8, 4) is 0 Å². The van der Waals surface area contributed by atoms with Crippen molar-refractivity contribution in [1.82, 2.24) is 0 Å². The van der Waals surface area contributed by atoms with E-state index in [0.29, 0.717) is 12.2 Å². The van der Waals surface area contributed by atoms with Crippen LogP contribution in [0.25, 0.3) is 0 Å². The molecule has 0 unspecified atom stereocenters. The summed E-state index contributed by atoms with van der Waals surface area (Å²) in [6.07, 6.45) is 0.878. The lowest BCUT2D eigenvalue weighted by molar-refractivity contribution is -0.935. The number of hydrogen-bond donors (Lipinski definition) is 0. The molecule has 0 aliphatic rings. The number of nitrogens with zero attached hydrogens (tertiary/aromatic N) is 1. The van der Waals surface area contributed by atoms with Crippen LogP contribution in [-0.4, -0.2) is 43.2 Å². The highest BCUT2D eigenvalue weighted by Gasteiger charge is 2.30. The number of esters is 1. The molecule has 0 aromatic rings. The maximum Gasteiger partial charge on any atom is 0.333 e. The summed E-state index contributed by atoms with van der Waals surface area (Å²) in [5.74, 6) is -0.291. The number of ether oxygens (including phenoxy) is 1. The fraction of sp³-hybridized carbons (Fsp3) is 0.769. The van der Waals surface area contributed by atoms with Gasteiger partial charge in [-0.1, -0.05) is 6.58 Å². The molecule has 0 saturated heterocycles. The first kappa shape index (κ1) is 18.8. The average Bonchev–Trinajstić information content (AvgIpc) is 2.09. The smallest absolute Gasteiger partial charge is 0.333 e. The number of quaternary nitrogens is 1. The normalized spacial score (nSPS) is 11.6. The molecule has 102 valence electrons. The van der Waals surface area contributed by atoms with E-state index < -0.39 is 0 Å². The topological polar surface area (TPSA) is 26.3 Å². The van der Waals surface area contributed by atoms with E-state index in [1.165, 1.54) is 0 Å². The lowest BCUT2D eigenvalue weighted by Gasteiger charge is -2.42. The summed E-state index contributed by atoms with van der Waals surface area (Å²) in [6.45, 7) is 13.3. The number of carbonyl (C=O) groups is 1. The third kappa shape index (κ3) is 6.69. The van der Waals surface area contributed by atoms with Gasteiger partial charge < -0.3 is 21.6 Å². The summed E-state index contributed by atoms with van der Waals surface area (Å²) in [6, 6.07) is 0. The van der Waals surface area contributed by atoms with Gasteiger partial charge in [0.2, 0.25) is 0 Å². The minimum Gasteiger partial charge on any atom is -1.00 e. The zero-order valence-corrected chi connectivity index (χ0v) is 12.7. The van der Waals surface area contributed by atoms with E-state index >= 15 is 0 Å². The molecule has 3 nitrogen and oxygen atoms in total. The lowest BCUT2D eigenvalue weighted by atomic mass is 10.0. The maximum absolute atomic E-state index is 11.1. The molecule has 0 amide bonds. The number of rotatable bonds is 5. The average molecular weight is 264 g/mol. The Balaban J connectivity index is 0. The molecule has 0 spiro atoms. The van der Waals surface area contributed by atoms with E-state index in [-0.39, 0.29) is 23.9 Å². The van der Waals surface area contributed by atoms with Crippen LogP contribution in [0.3, 0.4) is 0 Å². The Morgan fingerprint density at radius 2 is 1.76 bits per heavy atom. The van der Waals surface area contributed by atoms with Crippen molar-refractivity contribution >= 4 is 5.97 Å². The summed E-state index contributed by atoms with van der Waals surface area (Å²) in [4.78, 5) is 11.1. The zero-order valence-electron chi connectivity index (χ0n) is 12.0. The van der Waals surface area contributed by atoms with Crippen molar-refractivity contribution in [1.29, 1.82) is 0 Å². The van der Waals surface area contributed by atoms with Gasteiger partial charge in [-0.3, -0.25) is 0 Å². The van der Waals surface area contributed by atoms with Gasteiger partial charge in [-0.25, -0.2) is 4.79 Å². The van der Waals surface area contributed by atoms with Gasteiger partial charge in [0.15, 0.2) is 0 Å². The summed E-state index contributed by atoms with van der Waals surface area (Å²) in [5, 5.41) is 0. The Hall–Kier alpha value is -0.540. The molecule has 17 heavy (non-hydrogen) atoms. The van der Waals surface area contributed by atoms with Crippen LogP contribution >= 0.6 is 0 Å². The molecule has 0 aromatic heterocycles. The predicted octanol–water partition coefficient (Wildman–Crippen LogP) is -0.625. The predicted molar refractivity (Wildman–Crippen MR) is 67.1 cm³/mol. The van der Waals surface area contributed by atoms with Crippen molar-refractivity contribution in [3.05, 3.63) is 12.2 Å². The molecule has 0 fully saturated rings. The van der Waals surface area contributed by atoms with Crippen LogP contribution in [0.5, 0.6) is 0 Å². The van der Waals surface area contributed by atoms with Gasteiger partial charge in [0.25, 0.3) is 0 Å². The molecule has 0 heterocycles. The van der Waals surface area contributed by atoms with Crippen LogP contribution in [0, 0.1) is 0 Å². The second-order valence-electron chi connectivity index (χ2n) is 5.85. The Kier molecular flexibility index (Phi) is 7.77. The van der Waals surface area contributed by atoms with E-state index in [2.05, 4.69) is 41.4 Å². The minimum absolute atomic E-state index is 0. The van der Waals surface area contributed by atoms with Crippen LogP contribution in [0.1, 0.15) is 34.1 Å². The quantitative estimate of drug-likeness (QED) is 0.286. The molecule has 0 aliphatic carbocycles. The molecular weight excluding hydrogens is 238 g/mol. The highest BCUT2D eigenvalue weighted by molar-refractivity contribution is 5.86. The van der Waals surface area contributed by atoms with Crippen molar-refractivity contribution in [2.45, 2.75) is 39.7 Å². The summed E-state index contributed by atoms with van der Waals surface area (Å²) < 4.78 is 5.98. The summed E-state index contributed by atoms with van der Waals surface area (Å²) >= 11 is 0. The largest absolute Gasteiger partial charge is 1.00 e. The molecule has 0 saturated carbocycles. The Morgan fingerprint density at radius 3 is 2.12 bits per heavy atom. The van der Waals surface area contributed by atoms with Crippen molar-refractivity contribution in [2.24, 2.45) is 0 Å². The highest BCUT2D eigenvalue weighted by atomic mass is 35.5. The zero-order chi connectivity index (χ0) is 13.0. The van der Waals surface area contributed by atoms with E-state index in [4.69, 9.17) is 4.74 Å². The first-order valence-corrected chi connectivity index (χ1v) is 5.73. The molecule has 0 radical (unpaired) electrons. The fourth-order valence-corrected chi connectivity index (χ4v) is 1.08. The Bertz CT molecular complexity index is 267. The first-order chi connectivity index (χ1) is 7.08. The van der Waals surface area contributed by atoms with Gasteiger partial charge in [-0.05, 0) is 27.7 Å². The number of halogens is 1. The standard InChI is InChI=1S/C13H26NO2.ClH/c1-11(2)12(15)16-10-8-9-14(6,7)13(3,4)5;/h1,8-10H2,2-7H3;1H/q+1;/p-1. The molecule has 0 N–H and O–H groups in total. The van der Waals surface area contributed by atoms with Gasteiger partial charge in [0.05, 0.1) is 32.8 Å². The summed E-state index contributed by atoms with van der Waals surface area (Å²) in [5.41, 5.74) is 0.669. The van der Waals surface area contributed by atoms with E-state index in [1.807, 2.05) is 0 Å². The van der Waals surface area contributed by atoms with Crippen LogP contribution in [0.2, 0.25) is 0 Å². The molecule has 0 aromatic carbocycles. The minimum atomic E-state index is -0.291. The van der Waals surface area contributed by atoms with E-state index in [0.717, 1.165) is 17.4 Å². The number of hydrogen-bond acceptors (Lipinski definition) is 2. The molecule has 0 atom stereocenters. The lowest BCUT2D eigenvalue weighted by Crippen LogP contribution is -3.00. The van der Waals surface area contributed by atoms with E-state index in [9.17, 15) is 4.79 Å². The SMILES string of the molecule is C=C(C)C(=O)OCCC[N+](C)(C)C(C)(C)C.[Cl-]. The second kappa shape index (κ2) is 7.02. The van der Waals surface area contributed by atoms with E-state index in [1.54, 1.807) is 6.92 Å². The van der Waals surface area contributed by atoms with Gasteiger partial charge >= 0.3 is 5.97 Å². The van der Waals surface area contributed by atoms with Crippen LogP contribution in [0.15, 0.2) is 12.2 Å². The van der Waals surface area contributed by atoms with Crippen molar-refractivity contribution in [2.75, 3.05) is 27.2 Å². The fourth-order valence-electron chi connectivity index (χ4n) is 1.08. The van der Waals surface area contributed by atoms with Gasteiger partial charge in [0.1, 0.15) is 0 Å². The van der Waals surface area contributed by atoms with Gasteiger partial charge in [-0.15, -0.1) is 0 Å². The van der Waals surface area contributed by atoms with Gasteiger partial charge in [0, 0.05) is 12.0 Å². The third-order valence-electron chi connectivity index (χ3n) is 3.26. The molecule has 0 bridgehead atoms. The van der Waals surface area contributed by atoms with Crippen molar-refractivity contribution in [3.63, 3.8) is 0 Å². The van der Waals surface area contributed by atoms with Crippen LogP contribution < -0.4 is 12.4 Å².